The maximum absolute atomic E-state index is 12.0. The van der Waals surface area contributed by atoms with Crippen molar-refractivity contribution in [2.45, 2.75) is 35.3 Å². The lowest BCUT2D eigenvalue weighted by atomic mass is 9.93. The van der Waals surface area contributed by atoms with E-state index in [0.717, 1.165) is 24.0 Å². The summed E-state index contributed by atoms with van der Waals surface area (Å²) in [6, 6.07) is 10.2. The predicted octanol–water partition coefficient (Wildman–Crippen LogP) is 4.06. The molecule has 0 radical (unpaired) electrons. The molecule has 1 heterocycles. The number of carbonyl (C=O) groups excluding carboxylic acids is 1. The van der Waals surface area contributed by atoms with Crippen molar-refractivity contribution in [2.24, 2.45) is 0 Å². The Morgan fingerprint density at radius 1 is 1.36 bits per heavy atom. The van der Waals surface area contributed by atoms with Gasteiger partial charge in [-0.25, -0.2) is 4.79 Å². The van der Waals surface area contributed by atoms with E-state index in [1.807, 2.05) is 31.3 Å². The molecule has 5 heteroatoms. The van der Waals surface area contributed by atoms with E-state index in [9.17, 15) is 4.79 Å². The smallest absolute Gasteiger partial charge is 0.355 e. The molecule has 2 aromatic rings. The minimum Gasteiger partial charge on any atom is -0.461 e. The maximum atomic E-state index is 12.0. The summed E-state index contributed by atoms with van der Waals surface area (Å²) in [6.45, 7) is 2.20. The van der Waals surface area contributed by atoms with E-state index in [4.69, 9.17) is 16.3 Å². The average Bonchev–Trinajstić information content (AvgIpc) is 2.92. The quantitative estimate of drug-likeness (QED) is 0.676. The third-order valence-corrected chi connectivity index (χ3v) is 5.76. The zero-order valence-electron chi connectivity index (χ0n) is 12.3. The van der Waals surface area contributed by atoms with Gasteiger partial charge < -0.3 is 9.72 Å². The summed E-state index contributed by atoms with van der Waals surface area (Å²) in [5.74, 6) is -0.278. The fourth-order valence-corrected chi connectivity index (χ4v) is 4.32. The molecule has 2 atom stereocenters. The van der Waals surface area contributed by atoms with E-state index in [2.05, 4.69) is 17.1 Å². The number of hydrogen-bond donors (Lipinski definition) is 1. The van der Waals surface area contributed by atoms with E-state index in [0.29, 0.717) is 12.3 Å². The number of esters is 1. The molecule has 3 nitrogen and oxygen atoms in total. The first-order chi connectivity index (χ1) is 10.7. The van der Waals surface area contributed by atoms with E-state index >= 15 is 0 Å². The van der Waals surface area contributed by atoms with Gasteiger partial charge in [0.2, 0.25) is 0 Å². The summed E-state index contributed by atoms with van der Waals surface area (Å²) in [4.78, 5) is 16.3. The molecule has 0 aliphatic heterocycles. The number of fused-ring (bicyclic) bond motifs is 1. The van der Waals surface area contributed by atoms with Crippen LogP contribution < -0.4 is 0 Å². The van der Waals surface area contributed by atoms with Crippen molar-refractivity contribution in [3.05, 3.63) is 53.3 Å². The lowest BCUT2D eigenvalue weighted by Gasteiger charge is -2.27. The number of rotatable bonds is 4. The number of carbonyl (C=O) groups is 1. The van der Waals surface area contributed by atoms with Gasteiger partial charge in [0.15, 0.2) is 0 Å². The fourth-order valence-electron chi connectivity index (χ4n) is 2.75. The third kappa shape index (κ3) is 3.18. The van der Waals surface area contributed by atoms with Crippen LogP contribution in [0.15, 0.2) is 41.4 Å². The Hall–Kier alpha value is -1.39. The molecule has 0 amide bonds. The lowest BCUT2D eigenvalue weighted by Crippen LogP contribution is -2.28. The van der Waals surface area contributed by atoms with Crippen LogP contribution in [0.1, 0.15) is 28.5 Å². The van der Waals surface area contributed by atoms with Crippen molar-refractivity contribution >= 4 is 29.3 Å². The largest absolute Gasteiger partial charge is 0.461 e. The van der Waals surface area contributed by atoms with E-state index in [-0.39, 0.29) is 16.6 Å². The molecule has 3 rings (SSSR count). The van der Waals surface area contributed by atoms with Crippen LogP contribution in [0.2, 0.25) is 0 Å². The van der Waals surface area contributed by atoms with E-state index < -0.39 is 0 Å². The highest BCUT2D eigenvalue weighted by atomic mass is 35.5. The standard InChI is InChI=1S/C17H18ClNO2S/c1-2-21-17(20)16-13-9-15(14(18)8-11(13)10-19-16)22-12-6-4-3-5-7-12/h3-7,10,14-15,19H,2,8-9H2,1H3/t14-,15-/m1/s1. The summed E-state index contributed by atoms with van der Waals surface area (Å²) in [5, 5.41) is 0.309. The number of alkyl halides is 1. The SMILES string of the molecule is CCOC(=O)c1[nH]cc2c1C[C@@H](Sc1ccccc1)[C@H](Cl)C2. The molecular weight excluding hydrogens is 318 g/mol. The van der Waals surface area contributed by atoms with Crippen molar-refractivity contribution in [1.29, 1.82) is 0 Å². The van der Waals surface area contributed by atoms with Crippen LogP contribution in [-0.2, 0) is 17.6 Å². The molecule has 1 aromatic carbocycles. The molecule has 1 aliphatic rings. The van der Waals surface area contributed by atoms with Crippen molar-refractivity contribution in [3.8, 4) is 0 Å². The molecule has 22 heavy (non-hydrogen) atoms. The van der Waals surface area contributed by atoms with E-state index in [1.165, 1.54) is 4.90 Å². The first-order valence-corrected chi connectivity index (χ1v) is 8.72. The van der Waals surface area contributed by atoms with Gasteiger partial charge in [-0.1, -0.05) is 18.2 Å². The normalized spacial score (nSPS) is 20.5. The summed E-state index contributed by atoms with van der Waals surface area (Å²) in [7, 11) is 0. The first kappa shape index (κ1) is 15.5. The highest BCUT2D eigenvalue weighted by Crippen LogP contribution is 2.37. The third-order valence-electron chi connectivity index (χ3n) is 3.81. The van der Waals surface area contributed by atoms with Gasteiger partial charge in [-0.05, 0) is 43.0 Å². The van der Waals surface area contributed by atoms with Crippen molar-refractivity contribution < 1.29 is 9.53 Å². The van der Waals surface area contributed by atoms with Gasteiger partial charge in [0, 0.05) is 16.3 Å². The Balaban J connectivity index is 1.81. The van der Waals surface area contributed by atoms with Gasteiger partial charge in [-0.3, -0.25) is 0 Å². The second kappa shape index (κ2) is 6.80. The summed E-state index contributed by atoms with van der Waals surface area (Å²) in [6.07, 6.45) is 3.44. The van der Waals surface area contributed by atoms with E-state index in [1.54, 1.807) is 11.8 Å². The van der Waals surface area contributed by atoms with Crippen molar-refractivity contribution in [1.82, 2.24) is 4.98 Å². The number of aromatic amines is 1. The molecule has 0 bridgehead atoms. The first-order valence-electron chi connectivity index (χ1n) is 7.41. The van der Waals surface area contributed by atoms with Crippen LogP contribution in [-0.4, -0.2) is 28.2 Å². The van der Waals surface area contributed by atoms with Crippen LogP contribution in [0.25, 0.3) is 0 Å². The van der Waals surface area contributed by atoms with Crippen LogP contribution in [0.5, 0.6) is 0 Å². The van der Waals surface area contributed by atoms with Crippen molar-refractivity contribution in [3.63, 3.8) is 0 Å². The Morgan fingerprint density at radius 3 is 2.86 bits per heavy atom. The molecule has 0 unspecified atom stereocenters. The molecule has 1 aromatic heterocycles. The van der Waals surface area contributed by atoms with Crippen LogP contribution in [0.4, 0.5) is 0 Å². The molecule has 0 saturated carbocycles. The highest BCUT2D eigenvalue weighted by molar-refractivity contribution is 8.00. The number of H-pyrrole nitrogens is 1. The topological polar surface area (TPSA) is 42.1 Å². The van der Waals surface area contributed by atoms with Crippen LogP contribution >= 0.6 is 23.4 Å². The fraction of sp³-hybridized carbons (Fsp3) is 0.353. The lowest BCUT2D eigenvalue weighted by molar-refractivity contribution is 0.0519. The Kier molecular flexibility index (Phi) is 4.79. The second-order valence-electron chi connectivity index (χ2n) is 5.28. The Bertz CT molecular complexity index is 656. The molecule has 1 aliphatic carbocycles. The average molecular weight is 336 g/mol. The number of halogens is 1. The molecule has 0 fully saturated rings. The zero-order chi connectivity index (χ0) is 15.5. The number of benzene rings is 1. The summed E-state index contributed by atoms with van der Waals surface area (Å²) in [5.41, 5.74) is 2.77. The van der Waals surface area contributed by atoms with Gasteiger partial charge >= 0.3 is 5.97 Å². The number of hydrogen-bond acceptors (Lipinski definition) is 3. The zero-order valence-corrected chi connectivity index (χ0v) is 13.9. The van der Waals surface area contributed by atoms with Gasteiger partial charge in [0.25, 0.3) is 0 Å². The number of ether oxygens (including phenoxy) is 1. The second-order valence-corrected chi connectivity index (χ2v) is 7.15. The minimum atomic E-state index is -0.278. The Morgan fingerprint density at radius 2 is 2.14 bits per heavy atom. The van der Waals surface area contributed by atoms with Gasteiger partial charge in [-0.2, -0.15) is 0 Å². The highest BCUT2D eigenvalue weighted by Gasteiger charge is 2.32. The number of thioether (sulfide) groups is 1. The molecule has 0 spiro atoms. The minimum absolute atomic E-state index is 0.0588. The molecule has 0 saturated heterocycles. The van der Waals surface area contributed by atoms with Gasteiger partial charge in [-0.15, -0.1) is 23.4 Å². The summed E-state index contributed by atoms with van der Waals surface area (Å²) < 4.78 is 5.12. The summed E-state index contributed by atoms with van der Waals surface area (Å²) >= 11 is 8.33. The number of aromatic nitrogens is 1. The maximum Gasteiger partial charge on any atom is 0.355 e. The van der Waals surface area contributed by atoms with Crippen LogP contribution in [0, 0.1) is 0 Å². The van der Waals surface area contributed by atoms with Crippen molar-refractivity contribution in [2.75, 3.05) is 6.61 Å². The molecular formula is C17H18ClNO2S. The molecule has 1 N–H and O–H groups in total. The Labute approximate surface area is 139 Å². The monoisotopic (exact) mass is 335 g/mol. The number of nitrogens with one attached hydrogen (secondary N) is 1. The van der Waals surface area contributed by atoms with Crippen LogP contribution in [0.3, 0.4) is 0 Å². The van der Waals surface area contributed by atoms with Gasteiger partial charge in [0.05, 0.1) is 12.0 Å². The van der Waals surface area contributed by atoms with Gasteiger partial charge in [0.1, 0.15) is 5.69 Å². The predicted molar refractivity (Wildman–Crippen MR) is 89.9 cm³/mol. The molecule has 116 valence electrons.